The van der Waals surface area contributed by atoms with E-state index in [1.54, 1.807) is 13.0 Å². The second kappa shape index (κ2) is 6.66. The first kappa shape index (κ1) is 16.1. The molecule has 6 heteroatoms. The van der Waals surface area contributed by atoms with Crippen molar-refractivity contribution in [3.05, 3.63) is 51.9 Å². The zero-order valence-corrected chi connectivity index (χ0v) is 13.3. The van der Waals surface area contributed by atoms with Crippen LogP contribution in [0.5, 0.6) is 0 Å². The van der Waals surface area contributed by atoms with E-state index in [4.69, 9.17) is 20.8 Å². The minimum Gasteiger partial charge on any atom is -0.469 e. The molecular formula is C16H16ClNO4. The molecule has 1 aromatic heterocycles. The second-order valence-electron chi connectivity index (χ2n) is 4.95. The van der Waals surface area contributed by atoms with Crippen LogP contribution in [-0.4, -0.2) is 18.5 Å². The van der Waals surface area contributed by atoms with Crippen molar-refractivity contribution in [2.24, 2.45) is 0 Å². The van der Waals surface area contributed by atoms with Crippen LogP contribution in [0.4, 0.5) is 5.69 Å². The molecule has 0 bridgehead atoms. The Hall–Kier alpha value is -2.27. The number of esters is 1. The summed E-state index contributed by atoms with van der Waals surface area (Å²) in [6.07, 6.45) is 1.39. The van der Waals surface area contributed by atoms with Crippen molar-refractivity contribution >= 4 is 29.2 Å². The van der Waals surface area contributed by atoms with Gasteiger partial charge in [-0.05, 0) is 44.0 Å². The lowest BCUT2D eigenvalue weighted by Gasteiger charge is -2.11. The predicted molar refractivity (Wildman–Crippen MR) is 83.3 cm³/mol. The number of amides is 1. The standard InChI is InChI=1S/C16H16ClNO4/c1-9-6-10(2)15(13(17)7-9)18-14(19)8-22-16(20)12-4-5-21-11(12)3/h4-7H,8H2,1-3H3,(H,18,19). The van der Waals surface area contributed by atoms with Crippen LogP contribution in [0.2, 0.25) is 5.02 Å². The van der Waals surface area contributed by atoms with Gasteiger partial charge in [-0.1, -0.05) is 17.7 Å². The fourth-order valence-electron chi connectivity index (χ4n) is 2.06. The molecule has 0 aliphatic rings. The smallest absolute Gasteiger partial charge is 0.342 e. The zero-order valence-electron chi connectivity index (χ0n) is 12.5. The number of benzene rings is 1. The Morgan fingerprint density at radius 2 is 2.00 bits per heavy atom. The van der Waals surface area contributed by atoms with Crippen molar-refractivity contribution in [2.75, 3.05) is 11.9 Å². The molecule has 1 amide bonds. The van der Waals surface area contributed by atoms with E-state index in [9.17, 15) is 9.59 Å². The highest BCUT2D eigenvalue weighted by Gasteiger charge is 2.15. The molecule has 0 saturated carbocycles. The van der Waals surface area contributed by atoms with Crippen molar-refractivity contribution in [1.29, 1.82) is 0 Å². The van der Waals surface area contributed by atoms with Crippen LogP contribution >= 0.6 is 11.6 Å². The number of hydrogen-bond acceptors (Lipinski definition) is 4. The van der Waals surface area contributed by atoms with Crippen LogP contribution in [0.25, 0.3) is 0 Å². The Morgan fingerprint density at radius 1 is 1.27 bits per heavy atom. The number of aryl methyl sites for hydroxylation is 3. The van der Waals surface area contributed by atoms with E-state index in [1.165, 1.54) is 12.3 Å². The Balaban J connectivity index is 1.97. The number of anilines is 1. The number of hydrogen-bond donors (Lipinski definition) is 1. The molecule has 22 heavy (non-hydrogen) atoms. The molecule has 2 rings (SSSR count). The topological polar surface area (TPSA) is 68.5 Å². The fourth-order valence-corrected chi connectivity index (χ4v) is 2.42. The Bertz CT molecular complexity index is 698. The summed E-state index contributed by atoms with van der Waals surface area (Å²) >= 11 is 6.11. The van der Waals surface area contributed by atoms with Gasteiger partial charge in [0.15, 0.2) is 6.61 Å². The van der Waals surface area contributed by atoms with Crippen molar-refractivity contribution < 1.29 is 18.7 Å². The summed E-state index contributed by atoms with van der Waals surface area (Å²) in [6.45, 7) is 5.01. The van der Waals surface area contributed by atoms with E-state index < -0.39 is 18.5 Å². The number of furan rings is 1. The second-order valence-corrected chi connectivity index (χ2v) is 5.36. The molecule has 116 valence electrons. The van der Waals surface area contributed by atoms with Gasteiger partial charge in [0.2, 0.25) is 0 Å². The third-order valence-electron chi connectivity index (χ3n) is 3.11. The summed E-state index contributed by atoms with van der Waals surface area (Å²) in [7, 11) is 0. The van der Waals surface area contributed by atoms with Crippen molar-refractivity contribution in [2.45, 2.75) is 20.8 Å². The number of carbonyl (C=O) groups excluding carboxylic acids is 2. The van der Waals surface area contributed by atoms with Crippen LogP contribution in [0.15, 0.2) is 28.9 Å². The van der Waals surface area contributed by atoms with Gasteiger partial charge in [0.1, 0.15) is 11.3 Å². The Kier molecular flexibility index (Phi) is 4.88. The minimum absolute atomic E-state index is 0.303. The summed E-state index contributed by atoms with van der Waals surface area (Å²) in [6, 6.07) is 5.16. The number of halogens is 1. The van der Waals surface area contributed by atoms with Gasteiger partial charge >= 0.3 is 5.97 Å². The minimum atomic E-state index is -0.604. The molecule has 0 atom stereocenters. The number of ether oxygens (including phenoxy) is 1. The van der Waals surface area contributed by atoms with E-state index in [0.717, 1.165) is 11.1 Å². The normalized spacial score (nSPS) is 10.4. The van der Waals surface area contributed by atoms with Gasteiger partial charge in [0.05, 0.1) is 17.0 Å². The lowest BCUT2D eigenvalue weighted by molar-refractivity contribution is -0.119. The maximum Gasteiger partial charge on any atom is 0.342 e. The summed E-state index contributed by atoms with van der Waals surface area (Å²) in [5.74, 6) is -0.612. The zero-order chi connectivity index (χ0) is 16.3. The molecule has 0 unspecified atom stereocenters. The number of carbonyl (C=O) groups is 2. The first-order valence-corrected chi connectivity index (χ1v) is 7.04. The molecule has 2 aromatic rings. The van der Waals surface area contributed by atoms with Gasteiger partial charge in [-0.25, -0.2) is 4.79 Å². The SMILES string of the molecule is Cc1cc(C)c(NC(=O)COC(=O)c2ccoc2C)c(Cl)c1. The third-order valence-corrected chi connectivity index (χ3v) is 3.41. The van der Waals surface area contributed by atoms with Crippen molar-refractivity contribution in [3.63, 3.8) is 0 Å². The highest BCUT2D eigenvalue weighted by molar-refractivity contribution is 6.34. The maximum atomic E-state index is 11.9. The first-order valence-electron chi connectivity index (χ1n) is 6.66. The maximum absolute atomic E-state index is 11.9. The van der Waals surface area contributed by atoms with E-state index in [-0.39, 0.29) is 0 Å². The van der Waals surface area contributed by atoms with Crippen LogP contribution in [-0.2, 0) is 9.53 Å². The summed E-state index contributed by atoms with van der Waals surface area (Å²) in [4.78, 5) is 23.7. The van der Waals surface area contributed by atoms with E-state index in [1.807, 2.05) is 19.9 Å². The average Bonchev–Trinajstić information content (AvgIpc) is 2.86. The lowest BCUT2D eigenvalue weighted by Crippen LogP contribution is -2.21. The van der Waals surface area contributed by atoms with Crippen LogP contribution < -0.4 is 5.32 Å². The van der Waals surface area contributed by atoms with E-state index >= 15 is 0 Å². The molecular weight excluding hydrogens is 306 g/mol. The molecule has 5 nitrogen and oxygen atoms in total. The Morgan fingerprint density at radius 3 is 2.59 bits per heavy atom. The van der Waals surface area contributed by atoms with Gasteiger partial charge in [-0.15, -0.1) is 0 Å². The first-order chi connectivity index (χ1) is 10.4. The summed E-state index contributed by atoms with van der Waals surface area (Å²) in [5, 5.41) is 3.10. The largest absolute Gasteiger partial charge is 0.469 e. The van der Waals surface area contributed by atoms with Gasteiger partial charge in [-0.3, -0.25) is 4.79 Å². The molecule has 0 fully saturated rings. The molecule has 1 aromatic carbocycles. The predicted octanol–water partition coefficient (Wildman–Crippen LogP) is 3.65. The molecule has 0 aliphatic carbocycles. The molecule has 0 radical (unpaired) electrons. The molecule has 1 N–H and O–H groups in total. The van der Waals surface area contributed by atoms with Crippen LogP contribution in [0, 0.1) is 20.8 Å². The summed E-state index contributed by atoms with van der Waals surface area (Å²) in [5.41, 5.74) is 2.67. The summed E-state index contributed by atoms with van der Waals surface area (Å²) < 4.78 is 9.96. The highest BCUT2D eigenvalue weighted by atomic mass is 35.5. The number of rotatable bonds is 4. The van der Waals surface area contributed by atoms with Gasteiger partial charge < -0.3 is 14.5 Å². The highest BCUT2D eigenvalue weighted by Crippen LogP contribution is 2.27. The lowest BCUT2D eigenvalue weighted by atomic mass is 10.1. The molecule has 0 saturated heterocycles. The number of nitrogens with one attached hydrogen (secondary N) is 1. The van der Waals surface area contributed by atoms with E-state index in [0.29, 0.717) is 22.0 Å². The van der Waals surface area contributed by atoms with Crippen LogP contribution in [0.3, 0.4) is 0 Å². The van der Waals surface area contributed by atoms with Crippen molar-refractivity contribution in [3.8, 4) is 0 Å². The van der Waals surface area contributed by atoms with Gasteiger partial charge in [0, 0.05) is 0 Å². The van der Waals surface area contributed by atoms with E-state index in [2.05, 4.69) is 5.32 Å². The van der Waals surface area contributed by atoms with Crippen molar-refractivity contribution in [1.82, 2.24) is 0 Å². The van der Waals surface area contributed by atoms with Gasteiger partial charge in [0.25, 0.3) is 5.91 Å². The monoisotopic (exact) mass is 321 g/mol. The van der Waals surface area contributed by atoms with Crippen LogP contribution in [0.1, 0.15) is 27.2 Å². The fraction of sp³-hybridized carbons (Fsp3) is 0.250. The average molecular weight is 322 g/mol. The van der Waals surface area contributed by atoms with Gasteiger partial charge in [-0.2, -0.15) is 0 Å². The quantitative estimate of drug-likeness (QED) is 0.873. The Labute approximate surface area is 133 Å². The molecule has 0 spiro atoms. The molecule has 0 aliphatic heterocycles. The molecule has 1 heterocycles. The third kappa shape index (κ3) is 3.68.